The molecule has 0 saturated heterocycles. The molecule has 0 atom stereocenters. The molecular formula is C7H6ClO. The summed E-state index contributed by atoms with van der Waals surface area (Å²) in [5, 5.41) is -0.351. The van der Waals surface area contributed by atoms with Crippen molar-refractivity contribution in [2.45, 2.75) is 6.42 Å². The number of rotatable bonds is 1. The Hall–Kier alpha value is -0.560. The van der Waals surface area contributed by atoms with Gasteiger partial charge in [-0.3, -0.25) is 4.79 Å². The van der Waals surface area contributed by atoms with Gasteiger partial charge in [-0.2, -0.15) is 0 Å². The lowest BCUT2D eigenvalue weighted by molar-refractivity contribution is -0.109. The molecule has 2 heteroatoms. The molecule has 1 radical (unpaired) electrons. The summed E-state index contributed by atoms with van der Waals surface area (Å²) in [5.74, 6) is 0.666. The minimum absolute atomic E-state index is 0.351. The largest absolute Gasteiger partial charge is 0.280 e. The summed E-state index contributed by atoms with van der Waals surface area (Å²) in [5.41, 5.74) is 0. The summed E-state index contributed by atoms with van der Waals surface area (Å²) in [6.45, 7) is 0. The van der Waals surface area contributed by atoms with Crippen LogP contribution in [0, 0.1) is 5.92 Å². The third-order valence-corrected chi connectivity index (χ3v) is 1.38. The SMILES string of the molecule is O=C(Cl)[C]1C=CC=CC1. The van der Waals surface area contributed by atoms with E-state index in [0.29, 0.717) is 12.3 Å². The van der Waals surface area contributed by atoms with E-state index in [9.17, 15) is 4.79 Å². The average molecular weight is 142 g/mol. The molecule has 0 aromatic carbocycles. The molecule has 0 heterocycles. The Morgan fingerprint density at radius 3 is 2.67 bits per heavy atom. The monoisotopic (exact) mass is 141 g/mol. The Balaban J connectivity index is 2.56. The molecule has 0 aliphatic heterocycles. The quantitative estimate of drug-likeness (QED) is 0.510. The maximum atomic E-state index is 10.4. The molecule has 0 amide bonds. The van der Waals surface area contributed by atoms with Crippen LogP contribution in [0.25, 0.3) is 0 Å². The third kappa shape index (κ3) is 1.68. The van der Waals surface area contributed by atoms with Gasteiger partial charge in [0.05, 0.1) is 5.92 Å². The van der Waals surface area contributed by atoms with Gasteiger partial charge in [0.1, 0.15) is 0 Å². The van der Waals surface area contributed by atoms with Crippen LogP contribution in [0.2, 0.25) is 0 Å². The van der Waals surface area contributed by atoms with Gasteiger partial charge in [0.15, 0.2) is 0 Å². The van der Waals surface area contributed by atoms with E-state index in [4.69, 9.17) is 11.6 Å². The fraction of sp³-hybridized carbons (Fsp3) is 0.143. The Morgan fingerprint density at radius 1 is 1.56 bits per heavy atom. The highest BCUT2D eigenvalue weighted by atomic mass is 35.5. The Morgan fingerprint density at radius 2 is 2.33 bits per heavy atom. The van der Waals surface area contributed by atoms with Crippen molar-refractivity contribution in [3.05, 3.63) is 30.2 Å². The molecule has 0 spiro atoms. The molecular weight excluding hydrogens is 136 g/mol. The van der Waals surface area contributed by atoms with Crippen LogP contribution in [0.4, 0.5) is 0 Å². The lowest BCUT2D eigenvalue weighted by atomic mass is 10.0. The highest BCUT2D eigenvalue weighted by Gasteiger charge is 2.12. The van der Waals surface area contributed by atoms with Crippen LogP contribution in [0.15, 0.2) is 24.3 Å². The molecule has 1 rings (SSSR count). The number of hydrogen-bond acceptors (Lipinski definition) is 1. The van der Waals surface area contributed by atoms with Gasteiger partial charge in [-0.15, -0.1) is 0 Å². The van der Waals surface area contributed by atoms with E-state index in [1.165, 1.54) is 0 Å². The second kappa shape index (κ2) is 2.83. The van der Waals surface area contributed by atoms with E-state index in [0.717, 1.165) is 0 Å². The molecule has 1 nitrogen and oxygen atoms in total. The fourth-order valence-electron chi connectivity index (χ4n) is 0.659. The maximum Gasteiger partial charge on any atom is 0.233 e. The van der Waals surface area contributed by atoms with Crippen LogP contribution in [-0.2, 0) is 4.79 Å². The van der Waals surface area contributed by atoms with Gasteiger partial charge in [0.25, 0.3) is 0 Å². The lowest BCUT2D eigenvalue weighted by Gasteiger charge is -2.03. The van der Waals surface area contributed by atoms with E-state index >= 15 is 0 Å². The zero-order valence-electron chi connectivity index (χ0n) is 4.80. The van der Waals surface area contributed by atoms with Crippen molar-refractivity contribution >= 4 is 16.8 Å². The normalized spacial score (nSPS) is 18.3. The number of allylic oxidation sites excluding steroid dienone is 4. The first-order valence-electron chi connectivity index (χ1n) is 2.69. The molecule has 1 aliphatic rings. The minimum atomic E-state index is -0.351. The van der Waals surface area contributed by atoms with E-state index in [-0.39, 0.29) is 5.24 Å². The van der Waals surface area contributed by atoms with Crippen LogP contribution >= 0.6 is 11.6 Å². The van der Waals surface area contributed by atoms with Crippen LogP contribution in [0.5, 0.6) is 0 Å². The Kier molecular flexibility index (Phi) is 2.06. The third-order valence-electron chi connectivity index (χ3n) is 1.13. The van der Waals surface area contributed by atoms with Gasteiger partial charge in [-0.25, -0.2) is 0 Å². The number of carbonyl (C=O) groups is 1. The van der Waals surface area contributed by atoms with Crippen LogP contribution in [0.3, 0.4) is 0 Å². The minimum Gasteiger partial charge on any atom is -0.280 e. The standard InChI is InChI=1S/C7H6ClO/c8-7(9)6-4-2-1-3-5-6/h1-4H,5H2. The molecule has 1 aliphatic carbocycles. The maximum absolute atomic E-state index is 10.4. The van der Waals surface area contributed by atoms with Gasteiger partial charge in [0, 0.05) is 0 Å². The molecule has 0 aromatic rings. The van der Waals surface area contributed by atoms with E-state index in [2.05, 4.69) is 0 Å². The summed E-state index contributed by atoms with van der Waals surface area (Å²) in [7, 11) is 0. The van der Waals surface area contributed by atoms with Crippen LogP contribution in [0.1, 0.15) is 6.42 Å². The first-order valence-corrected chi connectivity index (χ1v) is 3.07. The predicted octanol–water partition coefficient (Wildman–Crippen LogP) is 1.84. The topological polar surface area (TPSA) is 17.1 Å². The summed E-state index contributed by atoms with van der Waals surface area (Å²) in [4.78, 5) is 10.4. The number of halogens is 1. The van der Waals surface area contributed by atoms with Crippen molar-refractivity contribution in [1.82, 2.24) is 0 Å². The average Bonchev–Trinajstić information content (AvgIpc) is 1.90. The second-order valence-corrected chi connectivity index (χ2v) is 2.13. The zero-order chi connectivity index (χ0) is 6.69. The van der Waals surface area contributed by atoms with Crippen molar-refractivity contribution in [2.24, 2.45) is 0 Å². The van der Waals surface area contributed by atoms with Gasteiger partial charge in [0.2, 0.25) is 5.24 Å². The van der Waals surface area contributed by atoms with Gasteiger partial charge >= 0.3 is 0 Å². The van der Waals surface area contributed by atoms with Gasteiger partial charge in [-0.1, -0.05) is 24.3 Å². The number of hydrogen-bond donors (Lipinski definition) is 0. The van der Waals surface area contributed by atoms with Gasteiger partial charge in [-0.05, 0) is 18.0 Å². The van der Waals surface area contributed by atoms with Crippen LogP contribution < -0.4 is 0 Å². The van der Waals surface area contributed by atoms with E-state index in [1.54, 1.807) is 12.2 Å². The summed E-state index contributed by atoms with van der Waals surface area (Å²) < 4.78 is 0. The summed E-state index contributed by atoms with van der Waals surface area (Å²) in [6.07, 6.45) is 7.99. The predicted molar refractivity (Wildman–Crippen MR) is 37.0 cm³/mol. The molecule has 0 saturated carbocycles. The molecule has 0 bridgehead atoms. The molecule has 9 heavy (non-hydrogen) atoms. The van der Waals surface area contributed by atoms with E-state index < -0.39 is 0 Å². The van der Waals surface area contributed by atoms with E-state index in [1.807, 2.05) is 12.2 Å². The Labute approximate surface area is 59.0 Å². The molecule has 0 aromatic heterocycles. The first-order chi connectivity index (χ1) is 4.30. The second-order valence-electron chi connectivity index (χ2n) is 1.79. The van der Waals surface area contributed by atoms with Crippen molar-refractivity contribution in [3.63, 3.8) is 0 Å². The molecule has 0 N–H and O–H groups in total. The highest BCUT2D eigenvalue weighted by Crippen LogP contribution is 2.16. The summed E-state index contributed by atoms with van der Waals surface area (Å²) in [6, 6.07) is 0. The lowest BCUT2D eigenvalue weighted by Crippen LogP contribution is -2.02. The Bertz CT molecular complexity index is 170. The molecule has 0 unspecified atom stereocenters. The van der Waals surface area contributed by atoms with Gasteiger partial charge < -0.3 is 0 Å². The summed E-state index contributed by atoms with van der Waals surface area (Å²) >= 11 is 5.20. The van der Waals surface area contributed by atoms with Crippen molar-refractivity contribution in [2.75, 3.05) is 0 Å². The highest BCUT2D eigenvalue weighted by molar-refractivity contribution is 6.67. The zero-order valence-corrected chi connectivity index (χ0v) is 5.56. The smallest absolute Gasteiger partial charge is 0.233 e. The molecule has 47 valence electrons. The first kappa shape index (κ1) is 6.56. The van der Waals surface area contributed by atoms with Crippen molar-refractivity contribution in [1.29, 1.82) is 0 Å². The van der Waals surface area contributed by atoms with Crippen molar-refractivity contribution in [3.8, 4) is 0 Å². The fourth-order valence-corrected chi connectivity index (χ4v) is 0.799. The number of carbonyl (C=O) groups excluding carboxylic acids is 1. The van der Waals surface area contributed by atoms with Crippen LogP contribution in [-0.4, -0.2) is 5.24 Å². The van der Waals surface area contributed by atoms with Crippen molar-refractivity contribution < 1.29 is 4.79 Å². The molecule has 0 fully saturated rings.